The van der Waals surface area contributed by atoms with Crippen LogP contribution in [0.5, 0.6) is 0 Å². The van der Waals surface area contributed by atoms with Gasteiger partial charge in [-0.1, -0.05) is 43.7 Å². The van der Waals surface area contributed by atoms with Crippen LogP contribution in [-0.4, -0.2) is 0 Å². The molecule has 0 aliphatic rings. The normalized spacial score (nSPS) is 12.4. The molecule has 2 rings (SSSR count). The quantitative estimate of drug-likeness (QED) is 0.626. The highest BCUT2D eigenvalue weighted by atomic mass is 35.5. The molecule has 0 saturated carbocycles. The molecule has 0 aromatic heterocycles. The Morgan fingerprint density at radius 2 is 1.75 bits per heavy atom. The second kappa shape index (κ2) is 6.85. The van der Waals surface area contributed by atoms with E-state index in [9.17, 15) is 8.78 Å². The van der Waals surface area contributed by atoms with Crippen LogP contribution in [0, 0.1) is 11.6 Å². The van der Waals surface area contributed by atoms with Gasteiger partial charge >= 0.3 is 0 Å². The number of alkyl halides is 1. The molecular weight excluding hydrogens is 278 g/mol. The number of rotatable bonds is 5. The van der Waals surface area contributed by atoms with E-state index in [1.165, 1.54) is 17.7 Å². The first-order valence-corrected chi connectivity index (χ1v) is 7.23. The number of hydrogen-bond donors (Lipinski definition) is 0. The number of unbranched alkanes of at least 4 members (excludes halogenated alkanes) is 1. The second-order valence-electron chi connectivity index (χ2n) is 4.87. The smallest absolute Gasteiger partial charge is 0.131 e. The third-order valence-electron chi connectivity index (χ3n) is 3.33. The predicted octanol–water partition coefficient (Wildman–Crippen LogP) is 5.64. The van der Waals surface area contributed by atoms with Crippen LogP contribution in [0.25, 0.3) is 0 Å². The van der Waals surface area contributed by atoms with Crippen LogP contribution >= 0.6 is 11.6 Å². The van der Waals surface area contributed by atoms with Gasteiger partial charge in [-0.25, -0.2) is 8.78 Å². The minimum absolute atomic E-state index is 0.300. The van der Waals surface area contributed by atoms with Crippen molar-refractivity contribution in [1.82, 2.24) is 0 Å². The van der Waals surface area contributed by atoms with Crippen molar-refractivity contribution in [3.63, 3.8) is 0 Å². The monoisotopic (exact) mass is 294 g/mol. The second-order valence-corrected chi connectivity index (χ2v) is 5.31. The van der Waals surface area contributed by atoms with Gasteiger partial charge in [0.25, 0.3) is 0 Å². The average Bonchev–Trinajstić information content (AvgIpc) is 2.45. The Morgan fingerprint density at radius 1 is 1.05 bits per heavy atom. The Morgan fingerprint density at radius 3 is 2.35 bits per heavy atom. The Balaban J connectivity index is 2.18. The van der Waals surface area contributed by atoms with E-state index in [1.807, 2.05) is 24.3 Å². The molecule has 0 aliphatic carbocycles. The third kappa shape index (κ3) is 3.57. The van der Waals surface area contributed by atoms with Gasteiger partial charge in [-0.15, -0.1) is 11.6 Å². The number of halogens is 3. The van der Waals surface area contributed by atoms with E-state index < -0.39 is 17.0 Å². The van der Waals surface area contributed by atoms with Crippen LogP contribution in [0.3, 0.4) is 0 Å². The zero-order valence-electron chi connectivity index (χ0n) is 11.4. The van der Waals surface area contributed by atoms with Crippen molar-refractivity contribution < 1.29 is 8.78 Å². The van der Waals surface area contributed by atoms with Gasteiger partial charge in [-0.2, -0.15) is 0 Å². The van der Waals surface area contributed by atoms with Crippen LogP contribution in [0.2, 0.25) is 0 Å². The van der Waals surface area contributed by atoms with E-state index in [1.54, 1.807) is 0 Å². The number of benzene rings is 2. The molecule has 0 spiro atoms. The minimum Gasteiger partial charge on any atom is -0.207 e. The van der Waals surface area contributed by atoms with Crippen molar-refractivity contribution in [2.24, 2.45) is 0 Å². The summed E-state index contributed by atoms with van der Waals surface area (Å²) < 4.78 is 26.6. The lowest BCUT2D eigenvalue weighted by Crippen LogP contribution is -1.98. The summed E-state index contributed by atoms with van der Waals surface area (Å²) in [5.74, 6) is -1.20. The van der Waals surface area contributed by atoms with Gasteiger partial charge < -0.3 is 0 Å². The molecule has 2 aromatic carbocycles. The topological polar surface area (TPSA) is 0 Å². The maximum atomic E-state index is 13.7. The highest BCUT2D eigenvalue weighted by Gasteiger charge is 2.15. The SMILES string of the molecule is CCCCc1ccc(C(Cl)c2ccc(F)cc2F)cc1. The van der Waals surface area contributed by atoms with Gasteiger partial charge in [0.1, 0.15) is 11.6 Å². The molecule has 1 unspecified atom stereocenters. The molecule has 2 aromatic rings. The summed E-state index contributed by atoms with van der Waals surface area (Å²) in [6, 6.07) is 11.3. The minimum atomic E-state index is -0.611. The Labute approximate surface area is 123 Å². The van der Waals surface area contributed by atoms with Crippen LogP contribution in [0.1, 0.15) is 41.8 Å². The number of aryl methyl sites for hydroxylation is 1. The van der Waals surface area contributed by atoms with Crippen LogP contribution in [0.15, 0.2) is 42.5 Å². The molecule has 1 atom stereocenters. The van der Waals surface area contributed by atoms with Crippen LogP contribution in [0.4, 0.5) is 8.78 Å². The zero-order chi connectivity index (χ0) is 14.5. The van der Waals surface area contributed by atoms with E-state index in [0.29, 0.717) is 5.56 Å². The largest absolute Gasteiger partial charge is 0.207 e. The van der Waals surface area contributed by atoms with Crippen molar-refractivity contribution in [2.45, 2.75) is 31.6 Å². The maximum absolute atomic E-state index is 13.7. The van der Waals surface area contributed by atoms with E-state index in [2.05, 4.69) is 6.92 Å². The summed E-state index contributed by atoms with van der Waals surface area (Å²) in [5.41, 5.74) is 2.37. The number of hydrogen-bond acceptors (Lipinski definition) is 0. The Kier molecular flexibility index (Phi) is 5.13. The van der Waals surface area contributed by atoms with Crippen LogP contribution in [-0.2, 0) is 6.42 Å². The molecule has 0 bridgehead atoms. The molecule has 0 nitrogen and oxygen atoms in total. The fraction of sp³-hybridized carbons (Fsp3) is 0.294. The molecular formula is C17H17ClF2. The van der Waals surface area contributed by atoms with E-state index in [4.69, 9.17) is 11.6 Å². The average molecular weight is 295 g/mol. The van der Waals surface area contributed by atoms with Gasteiger partial charge in [0.05, 0.1) is 5.38 Å². The van der Waals surface area contributed by atoms with Crippen LogP contribution < -0.4 is 0 Å². The van der Waals surface area contributed by atoms with Gasteiger partial charge in [0, 0.05) is 11.6 Å². The third-order valence-corrected chi connectivity index (χ3v) is 3.81. The zero-order valence-corrected chi connectivity index (χ0v) is 12.1. The Bertz CT molecular complexity index is 564. The summed E-state index contributed by atoms with van der Waals surface area (Å²) in [5, 5.41) is -0.601. The van der Waals surface area contributed by atoms with E-state index in [0.717, 1.165) is 30.9 Å². The predicted molar refractivity (Wildman–Crippen MR) is 79.1 cm³/mol. The molecule has 0 amide bonds. The Hall–Kier alpha value is -1.41. The van der Waals surface area contributed by atoms with Gasteiger partial charge in [-0.3, -0.25) is 0 Å². The highest BCUT2D eigenvalue weighted by Crippen LogP contribution is 2.31. The fourth-order valence-electron chi connectivity index (χ4n) is 2.12. The molecule has 0 N–H and O–H groups in total. The van der Waals surface area contributed by atoms with Gasteiger partial charge in [-0.05, 0) is 30.0 Å². The van der Waals surface area contributed by atoms with Crippen molar-refractivity contribution in [1.29, 1.82) is 0 Å². The summed E-state index contributed by atoms with van der Waals surface area (Å²) >= 11 is 6.28. The van der Waals surface area contributed by atoms with Crippen molar-refractivity contribution in [2.75, 3.05) is 0 Å². The molecule has 106 valence electrons. The molecule has 20 heavy (non-hydrogen) atoms. The maximum Gasteiger partial charge on any atom is 0.131 e. The van der Waals surface area contributed by atoms with Crippen molar-refractivity contribution in [3.8, 4) is 0 Å². The fourth-order valence-corrected chi connectivity index (χ4v) is 2.44. The van der Waals surface area contributed by atoms with Gasteiger partial charge in [0.2, 0.25) is 0 Å². The first kappa shape index (κ1) is 15.0. The van der Waals surface area contributed by atoms with E-state index >= 15 is 0 Å². The first-order chi connectivity index (χ1) is 9.61. The molecule has 0 heterocycles. The summed E-state index contributed by atoms with van der Waals surface area (Å²) in [7, 11) is 0. The summed E-state index contributed by atoms with van der Waals surface area (Å²) in [6.07, 6.45) is 3.34. The molecule has 0 saturated heterocycles. The standard InChI is InChI=1S/C17H17ClF2/c1-2-3-4-12-5-7-13(8-6-12)17(18)15-10-9-14(19)11-16(15)20/h5-11,17H,2-4H2,1H3. The van der Waals surface area contributed by atoms with E-state index in [-0.39, 0.29) is 0 Å². The lowest BCUT2D eigenvalue weighted by Gasteiger charge is -2.12. The summed E-state index contributed by atoms with van der Waals surface area (Å²) in [6.45, 7) is 2.15. The lowest BCUT2D eigenvalue weighted by molar-refractivity contribution is 0.573. The van der Waals surface area contributed by atoms with Crippen molar-refractivity contribution in [3.05, 3.63) is 70.8 Å². The molecule has 0 aliphatic heterocycles. The summed E-state index contributed by atoms with van der Waals surface area (Å²) in [4.78, 5) is 0. The van der Waals surface area contributed by atoms with Crippen molar-refractivity contribution >= 4 is 11.6 Å². The first-order valence-electron chi connectivity index (χ1n) is 6.79. The van der Waals surface area contributed by atoms with Gasteiger partial charge in [0.15, 0.2) is 0 Å². The molecule has 3 heteroatoms. The molecule has 0 fully saturated rings. The molecule has 0 radical (unpaired) electrons. The highest BCUT2D eigenvalue weighted by molar-refractivity contribution is 6.22. The lowest BCUT2D eigenvalue weighted by atomic mass is 10.0.